The highest BCUT2D eigenvalue weighted by Gasteiger charge is 2.27. The molecule has 0 heterocycles. The summed E-state index contributed by atoms with van der Waals surface area (Å²) in [5.74, 6) is -0.00888. The molecule has 0 bridgehead atoms. The van der Waals surface area contributed by atoms with Crippen molar-refractivity contribution in [2.24, 2.45) is 5.92 Å². The fraction of sp³-hybridized carbons (Fsp3) is 0.346. The van der Waals surface area contributed by atoms with Crippen LogP contribution in [0.2, 0.25) is 0 Å². The predicted octanol–water partition coefficient (Wildman–Crippen LogP) is 5.89. The summed E-state index contributed by atoms with van der Waals surface area (Å²) in [6, 6.07) is 8.53. The van der Waals surface area contributed by atoms with Crippen LogP contribution < -0.4 is 0 Å². The normalized spacial score (nSPS) is 21.9. The average molecular weight is 374 g/mol. The smallest absolute Gasteiger partial charge is 0.128 e. The lowest BCUT2D eigenvalue weighted by molar-refractivity contribution is -0.110. The molecule has 3 rings (SSSR count). The van der Waals surface area contributed by atoms with Gasteiger partial charge >= 0.3 is 0 Å². The third-order valence-corrected chi connectivity index (χ3v) is 5.82. The van der Waals surface area contributed by atoms with Crippen LogP contribution in [0.4, 0.5) is 0 Å². The molecule has 146 valence electrons. The third kappa shape index (κ3) is 4.44. The van der Waals surface area contributed by atoms with Gasteiger partial charge in [-0.25, -0.2) is 0 Å². The van der Waals surface area contributed by atoms with E-state index in [0.29, 0.717) is 0 Å². The number of aldehydes is 1. The number of carbonyl (C=O) groups is 1. The van der Waals surface area contributed by atoms with Gasteiger partial charge in [-0.1, -0.05) is 72.7 Å². The van der Waals surface area contributed by atoms with Gasteiger partial charge in [-0.3, -0.25) is 0 Å². The molecule has 0 aliphatic heterocycles. The molecule has 0 saturated heterocycles. The fourth-order valence-electron chi connectivity index (χ4n) is 4.12. The monoisotopic (exact) mass is 373 g/mol. The van der Waals surface area contributed by atoms with Crippen molar-refractivity contribution in [3.8, 4) is 0 Å². The second-order valence-electron chi connectivity index (χ2n) is 7.91. The Morgan fingerprint density at radius 1 is 1.18 bits per heavy atom. The van der Waals surface area contributed by atoms with Gasteiger partial charge in [-0.2, -0.15) is 0 Å². The maximum absolute atomic E-state index is 12.1. The van der Waals surface area contributed by atoms with Crippen LogP contribution in [0.25, 0.3) is 0 Å². The molecule has 28 heavy (non-hydrogen) atoms. The molecule has 0 N–H and O–H groups in total. The first kappa shape index (κ1) is 20.1. The van der Waals surface area contributed by atoms with Crippen molar-refractivity contribution >= 4 is 6.29 Å². The number of carbonyl (C=O) groups excluding carboxylic acids is 1. The molecule has 2 nitrogen and oxygen atoms in total. The average Bonchev–Trinajstić information content (AvgIpc) is 2.89. The molecule has 1 aromatic carbocycles. The Labute approximate surface area is 169 Å². The minimum atomic E-state index is -0.118. The Bertz CT molecular complexity index is 864. The highest BCUT2D eigenvalue weighted by atomic mass is 16.1. The molecular formula is C26H31NO. The van der Waals surface area contributed by atoms with Crippen molar-refractivity contribution in [2.75, 3.05) is 13.6 Å². The lowest BCUT2D eigenvalue weighted by atomic mass is 9.78. The van der Waals surface area contributed by atoms with Gasteiger partial charge in [0.2, 0.25) is 0 Å². The Hall–Kier alpha value is -2.61. The molecule has 0 amide bonds. The molecule has 0 spiro atoms. The van der Waals surface area contributed by atoms with E-state index >= 15 is 0 Å². The van der Waals surface area contributed by atoms with E-state index < -0.39 is 0 Å². The van der Waals surface area contributed by atoms with E-state index in [9.17, 15) is 4.79 Å². The first-order valence-electron chi connectivity index (χ1n) is 10.2. The van der Waals surface area contributed by atoms with Gasteiger partial charge in [-0.05, 0) is 49.5 Å². The topological polar surface area (TPSA) is 20.3 Å². The zero-order chi connectivity index (χ0) is 20.1. The lowest BCUT2D eigenvalue weighted by Gasteiger charge is -2.30. The summed E-state index contributed by atoms with van der Waals surface area (Å²) < 4.78 is 0. The standard InChI is InChI=1S/C26H31NO/c1-5-21-8-6-11-26(20(3)16-21)27(4)17-23-9-7-10-24(25(23)18-28)22-14-12-19(2)13-15-22/h6-7,9-16,18,24-25H,5,8,17H2,1-4H3. The number of nitrogens with zero attached hydrogens (tertiary/aromatic N) is 1. The molecule has 2 aliphatic carbocycles. The third-order valence-electron chi connectivity index (χ3n) is 5.82. The van der Waals surface area contributed by atoms with Crippen LogP contribution in [0.1, 0.15) is 43.7 Å². The van der Waals surface area contributed by atoms with Crippen LogP contribution in [-0.4, -0.2) is 24.8 Å². The van der Waals surface area contributed by atoms with Crippen molar-refractivity contribution in [1.82, 2.24) is 4.90 Å². The predicted molar refractivity (Wildman–Crippen MR) is 118 cm³/mol. The van der Waals surface area contributed by atoms with Gasteiger partial charge in [0.1, 0.15) is 6.29 Å². The molecule has 2 aliphatic rings. The van der Waals surface area contributed by atoms with Crippen LogP contribution in [0.5, 0.6) is 0 Å². The number of aryl methyl sites for hydroxylation is 1. The van der Waals surface area contributed by atoms with Gasteiger partial charge in [0.05, 0.1) is 0 Å². The summed E-state index contributed by atoms with van der Waals surface area (Å²) in [7, 11) is 2.12. The summed E-state index contributed by atoms with van der Waals surface area (Å²) in [6.07, 6.45) is 16.4. The van der Waals surface area contributed by atoms with Crippen molar-refractivity contribution in [2.45, 2.75) is 39.5 Å². The van der Waals surface area contributed by atoms with Crippen LogP contribution in [0.3, 0.4) is 0 Å². The summed E-state index contributed by atoms with van der Waals surface area (Å²) >= 11 is 0. The van der Waals surface area contributed by atoms with E-state index in [1.165, 1.54) is 33.5 Å². The lowest BCUT2D eigenvalue weighted by Crippen LogP contribution is -2.27. The molecule has 2 heteroatoms. The zero-order valence-corrected chi connectivity index (χ0v) is 17.5. The summed E-state index contributed by atoms with van der Waals surface area (Å²) in [4.78, 5) is 14.3. The van der Waals surface area contributed by atoms with Crippen LogP contribution in [0.15, 0.2) is 83.1 Å². The van der Waals surface area contributed by atoms with Crippen LogP contribution >= 0.6 is 0 Å². The van der Waals surface area contributed by atoms with E-state index in [2.05, 4.69) is 93.4 Å². The molecule has 2 atom stereocenters. The maximum Gasteiger partial charge on any atom is 0.128 e. The first-order chi connectivity index (χ1) is 13.5. The molecular weight excluding hydrogens is 342 g/mol. The number of benzene rings is 1. The SMILES string of the molecule is CCC1=CC(C)=C(N(C)CC2=CC=CC(c3ccc(C)cc3)C2C=O)C=CC1. The summed E-state index contributed by atoms with van der Waals surface area (Å²) in [5, 5.41) is 0. The first-order valence-corrected chi connectivity index (χ1v) is 10.2. The number of hydrogen-bond acceptors (Lipinski definition) is 2. The summed E-state index contributed by atoms with van der Waals surface area (Å²) in [5.41, 5.74) is 7.59. The number of hydrogen-bond donors (Lipinski definition) is 0. The van der Waals surface area contributed by atoms with Gasteiger partial charge in [-0.15, -0.1) is 0 Å². The second kappa shape index (κ2) is 9.05. The maximum atomic E-state index is 12.1. The van der Waals surface area contributed by atoms with Gasteiger partial charge in [0.15, 0.2) is 0 Å². The van der Waals surface area contributed by atoms with Crippen LogP contribution in [-0.2, 0) is 4.79 Å². The fourth-order valence-corrected chi connectivity index (χ4v) is 4.12. The Kier molecular flexibility index (Phi) is 6.51. The van der Waals surface area contributed by atoms with Gasteiger partial charge < -0.3 is 9.69 Å². The largest absolute Gasteiger partial charge is 0.370 e. The van der Waals surface area contributed by atoms with Crippen molar-refractivity contribution < 1.29 is 4.79 Å². The van der Waals surface area contributed by atoms with E-state index in [1.807, 2.05) is 0 Å². The highest BCUT2D eigenvalue weighted by molar-refractivity contribution is 5.64. The molecule has 0 aromatic heterocycles. The number of rotatable bonds is 6. The molecule has 1 aromatic rings. The second-order valence-corrected chi connectivity index (χ2v) is 7.91. The Balaban J connectivity index is 1.82. The van der Waals surface area contributed by atoms with Crippen molar-refractivity contribution in [3.63, 3.8) is 0 Å². The molecule has 0 radical (unpaired) electrons. The minimum Gasteiger partial charge on any atom is -0.370 e. The van der Waals surface area contributed by atoms with E-state index in [4.69, 9.17) is 0 Å². The quantitative estimate of drug-likeness (QED) is 0.579. The molecule has 0 fully saturated rings. The minimum absolute atomic E-state index is 0.109. The van der Waals surface area contributed by atoms with Crippen molar-refractivity contribution in [1.29, 1.82) is 0 Å². The number of allylic oxidation sites excluding steroid dienone is 8. The van der Waals surface area contributed by atoms with Gasteiger partial charge in [0.25, 0.3) is 0 Å². The van der Waals surface area contributed by atoms with Crippen molar-refractivity contribution in [3.05, 3.63) is 94.3 Å². The van der Waals surface area contributed by atoms with E-state index in [-0.39, 0.29) is 11.8 Å². The highest BCUT2D eigenvalue weighted by Crippen LogP contribution is 2.34. The van der Waals surface area contributed by atoms with E-state index in [1.54, 1.807) is 0 Å². The molecule has 2 unspecified atom stereocenters. The Morgan fingerprint density at radius 3 is 2.61 bits per heavy atom. The van der Waals surface area contributed by atoms with Crippen LogP contribution in [0, 0.1) is 12.8 Å². The summed E-state index contributed by atoms with van der Waals surface area (Å²) in [6.45, 7) is 7.23. The zero-order valence-electron chi connectivity index (χ0n) is 17.5. The van der Waals surface area contributed by atoms with Gasteiger partial charge in [0, 0.05) is 31.1 Å². The van der Waals surface area contributed by atoms with E-state index in [0.717, 1.165) is 25.7 Å². The molecule has 0 saturated carbocycles. The Morgan fingerprint density at radius 2 is 1.93 bits per heavy atom. The number of likely N-dealkylation sites (N-methyl/N-ethyl adjacent to an activating group) is 1.